The van der Waals surface area contributed by atoms with Crippen molar-refractivity contribution in [2.24, 2.45) is 0 Å². The van der Waals surface area contributed by atoms with E-state index in [4.69, 9.17) is 0 Å². The molecule has 1 aromatic rings. The molecule has 3 rings (SSSR count). The highest BCUT2D eigenvalue weighted by Gasteiger charge is 2.19. The summed E-state index contributed by atoms with van der Waals surface area (Å²) in [7, 11) is 0. The maximum atomic E-state index is 3.59. The number of hydrogen-bond donors (Lipinski definition) is 1. The van der Waals surface area contributed by atoms with Crippen molar-refractivity contribution < 1.29 is 0 Å². The molecule has 0 bridgehead atoms. The van der Waals surface area contributed by atoms with Gasteiger partial charge in [0.2, 0.25) is 0 Å². The first kappa shape index (κ1) is 12.6. The molecule has 0 amide bonds. The normalized spacial score (nSPS) is 20.0. The van der Waals surface area contributed by atoms with Crippen LogP contribution in [0.15, 0.2) is 11.4 Å². The third kappa shape index (κ3) is 3.56. The van der Waals surface area contributed by atoms with Crippen molar-refractivity contribution >= 4 is 11.3 Å². The van der Waals surface area contributed by atoms with Gasteiger partial charge in [-0.15, -0.1) is 11.3 Å². The first-order valence-electron chi connectivity index (χ1n) is 7.43. The Kier molecular flexibility index (Phi) is 4.34. The fourth-order valence-corrected chi connectivity index (χ4v) is 3.62. The first-order valence-corrected chi connectivity index (χ1v) is 8.31. The molecule has 0 unspecified atom stereocenters. The number of nitrogens with zero attached hydrogens (tertiary/aromatic N) is 1. The molecule has 18 heavy (non-hydrogen) atoms. The molecule has 100 valence electrons. The predicted octanol–water partition coefficient (Wildman–Crippen LogP) is 3.03. The van der Waals surface area contributed by atoms with Crippen molar-refractivity contribution in [2.45, 2.75) is 51.1 Å². The molecule has 2 aliphatic rings. The third-order valence-corrected chi connectivity index (χ3v) is 5.07. The van der Waals surface area contributed by atoms with Gasteiger partial charge in [-0.3, -0.25) is 4.90 Å². The average Bonchev–Trinajstić information content (AvgIpc) is 3.09. The summed E-state index contributed by atoms with van der Waals surface area (Å²) >= 11 is 1.94. The van der Waals surface area contributed by atoms with Crippen LogP contribution in [-0.2, 0) is 13.0 Å². The van der Waals surface area contributed by atoms with Crippen LogP contribution < -0.4 is 5.32 Å². The molecular weight excluding hydrogens is 240 g/mol. The number of nitrogens with one attached hydrogen (secondary N) is 1. The zero-order valence-electron chi connectivity index (χ0n) is 11.2. The summed E-state index contributed by atoms with van der Waals surface area (Å²) in [5, 5.41) is 5.84. The fraction of sp³-hybridized carbons (Fsp3) is 0.733. The lowest BCUT2D eigenvalue weighted by Crippen LogP contribution is -2.30. The highest BCUT2D eigenvalue weighted by Crippen LogP contribution is 2.24. The van der Waals surface area contributed by atoms with Crippen LogP contribution in [0.1, 0.15) is 42.5 Å². The van der Waals surface area contributed by atoms with E-state index in [2.05, 4.69) is 21.7 Å². The van der Waals surface area contributed by atoms with Crippen molar-refractivity contribution in [3.8, 4) is 0 Å². The van der Waals surface area contributed by atoms with E-state index in [1.807, 2.05) is 11.3 Å². The van der Waals surface area contributed by atoms with Gasteiger partial charge >= 0.3 is 0 Å². The van der Waals surface area contributed by atoms with E-state index in [1.165, 1.54) is 64.7 Å². The molecule has 0 saturated heterocycles. The number of thiophene rings is 1. The fourth-order valence-electron chi connectivity index (χ4n) is 2.73. The van der Waals surface area contributed by atoms with Crippen LogP contribution in [0.25, 0.3) is 0 Å². The lowest BCUT2D eigenvalue weighted by atomic mass is 10.1. The standard InChI is InChI=1S/C15H24N2S/c1(2-8-16-14-4-5-14)3-9-17-10-6-15-13(12-17)7-11-18-15/h7,11,14,16H,1-6,8-10,12H2. The summed E-state index contributed by atoms with van der Waals surface area (Å²) in [5.41, 5.74) is 1.58. The van der Waals surface area contributed by atoms with Gasteiger partial charge in [0.15, 0.2) is 0 Å². The Labute approximate surface area is 114 Å². The lowest BCUT2D eigenvalue weighted by molar-refractivity contribution is 0.250. The molecule has 0 aromatic carbocycles. The smallest absolute Gasteiger partial charge is 0.0244 e. The second-order valence-corrected chi connectivity index (χ2v) is 6.68. The summed E-state index contributed by atoms with van der Waals surface area (Å²) in [6.07, 6.45) is 8.20. The minimum atomic E-state index is 0.879. The van der Waals surface area contributed by atoms with Crippen LogP contribution >= 0.6 is 11.3 Å². The van der Waals surface area contributed by atoms with Gasteiger partial charge in [-0.2, -0.15) is 0 Å². The molecule has 3 heteroatoms. The van der Waals surface area contributed by atoms with Crippen molar-refractivity contribution in [3.63, 3.8) is 0 Å². The average molecular weight is 264 g/mol. The molecule has 1 aliphatic heterocycles. The van der Waals surface area contributed by atoms with Gasteiger partial charge in [0.05, 0.1) is 0 Å². The van der Waals surface area contributed by atoms with Crippen LogP contribution in [0.5, 0.6) is 0 Å². The summed E-state index contributed by atoms with van der Waals surface area (Å²) in [5.74, 6) is 0. The van der Waals surface area contributed by atoms with Crippen molar-refractivity contribution in [3.05, 3.63) is 21.9 Å². The Morgan fingerprint density at radius 3 is 3.11 bits per heavy atom. The molecule has 1 saturated carbocycles. The van der Waals surface area contributed by atoms with Crippen LogP contribution in [0.3, 0.4) is 0 Å². The van der Waals surface area contributed by atoms with Crippen LogP contribution in [-0.4, -0.2) is 30.6 Å². The van der Waals surface area contributed by atoms with Gasteiger partial charge in [0.25, 0.3) is 0 Å². The monoisotopic (exact) mass is 264 g/mol. The molecule has 2 heterocycles. The number of rotatable bonds is 7. The molecular formula is C15H24N2S. The zero-order valence-corrected chi connectivity index (χ0v) is 12.0. The molecule has 1 aliphatic carbocycles. The number of hydrogen-bond acceptors (Lipinski definition) is 3. The maximum Gasteiger partial charge on any atom is 0.0244 e. The highest BCUT2D eigenvalue weighted by molar-refractivity contribution is 7.10. The highest BCUT2D eigenvalue weighted by atomic mass is 32.1. The molecule has 1 aromatic heterocycles. The summed E-state index contributed by atoms with van der Waals surface area (Å²) in [4.78, 5) is 4.25. The topological polar surface area (TPSA) is 15.3 Å². The van der Waals surface area contributed by atoms with Crippen LogP contribution in [0.2, 0.25) is 0 Å². The second kappa shape index (κ2) is 6.18. The molecule has 1 N–H and O–H groups in total. The Morgan fingerprint density at radius 1 is 1.28 bits per heavy atom. The minimum Gasteiger partial charge on any atom is -0.314 e. The van der Waals surface area contributed by atoms with Gasteiger partial charge in [-0.05, 0) is 62.2 Å². The van der Waals surface area contributed by atoms with E-state index in [9.17, 15) is 0 Å². The Bertz CT molecular complexity index is 370. The van der Waals surface area contributed by atoms with E-state index in [-0.39, 0.29) is 0 Å². The quantitative estimate of drug-likeness (QED) is 0.762. The largest absolute Gasteiger partial charge is 0.314 e. The third-order valence-electron chi connectivity index (χ3n) is 4.05. The van der Waals surface area contributed by atoms with E-state index in [0.29, 0.717) is 0 Å². The summed E-state index contributed by atoms with van der Waals surface area (Å²) < 4.78 is 0. The number of fused-ring (bicyclic) bond motifs is 1. The van der Waals surface area contributed by atoms with Gasteiger partial charge in [-0.25, -0.2) is 0 Å². The van der Waals surface area contributed by atoms with Crippen LogP contribution in [0.4, 0.5) is 0 Å². The van der Waals surface area contributed by atoms with Crippen molar-refractivity contribution in [1.29, 1.82) is 0 Å². The maximum absolute atomic E-state index is 3.59. The molecule has 0 spiro atoms. The van der Waals surface area contributed by atoms with Gasteiger partial charge < -0.3 is 5.32 Å². The van der Waals surface area contributed by atoms with Gasteiger partial charge in [-0.1, -0.05) is 6.42 Å². The van der Waals surface area contributed by atoms with E-state index in [1.54, 1.807) is 10.4 Å². The van der Waals surface area contributed by atoms with E-state index < -0.39 is 0 Å². The van der Waals surface area contributed by atoms with Crippen molar-refractivity contribution in [2.75, 3.05) is 19.6 Å². The van der Waals surface area contributed by atoms with Crippen LogP contribution in [0, 0.1) is 0 Å². The SMILES string of the molecule is c1cc2c(s1)CCN(CCCCCNC1CC1)C2. The van der Waals surface area contributed by atoms with Crippen molar-refractivity contribution in [1.82, 2.24) is 10.2 Å². The van der Waals surface area contributed by atoms with E-state index in [0.717, 1.165) is 6.04 Å². The lowest BCUT2D eigenvalue weighted by Gasteiger charge is -2.26. The van der Waals surface area contributed by atoms with E-state index >= 15 is 0 Å². The Morgan fingerprint density at radius 2 is 2.22 bits per heavy atom. The summed E-state index contributed by atoms with van der Waals surface area (Å²) in [6, 6.07) is 3.19. The van der Waals surface area contributed by atoms with Gasteiger partial charge in [0, 0.05) is 24.0 Å². The molecule has 2 nitrogen and oxygen atoms in total. The molecule has 0 radical (unpaired) electrons. The summed E-state index contributed by atoms with van der Waals surface area (Å²) in [6.45, 7) is 4.99. The van der Waals surface area contributed by atoms with Gasteiger partial charge in [0.1, 0.15) is 0 Å². The minimum absolute atomic E-state index is 0.879. The predicted molar refractivity (Wildman–Crippen MR) is 78.2 cm³/mol. The molecule has 1 fully saturated rings. The second-order valence-electron chi connectivity index (χ2n) is 5.68. The first-order chi connectivity index (χ1) is 8.92. The Hall–Kier alpha value is -0.380. The number of unbranched alkanes of at least 4 members (excludes halogenated alkanes) is 2. The Balaban J connectivity index is 1.27. The molecule has 0 atom stereocenters. The zero-order chi connectivity index (χ0) is 12.2.